The van der Waals surface area contributed by atoms with E-state index in [1.807, 2.05) is 0 Å². The molecule has 1 saturated heterocycles. The number of anilines is 1. The molecule has 0 aliphatic carbocycles. The number of carbonyl (C=O) groups is 1. The van der Waals surface area contributed by atoms with Gasteiger partial charge in [-0.25, -0.2) is 8.42 Å². The van der Waals surface area contributed by atoms with Crippen LogP contribution in [0, 0.1) is 6.92 Å². The van der Waals surface area contributed by atoms with Gasteiger partial charge in [-0.1, -0.05) is 0 Å². The summed E-state index contributed by atoms with van der Waals surface area (Å²) in [6, 6.07) is 3.84. The number of hydrogen-bond donors (Lipinski definition) is 1. The Morgan fingerprint density at radius 1 is 1.48 bits per heavy atom. The first-order valence-corrected chi connectivity index (χ1v) is 8.36. The Labute approximate surface area is 124 Å². The predicted octanol–water partition coefficient (Wildman–Crippen LogP) is 1.29. The second-order valence-electron chi connectivity index (χ2n) is 5.04. The van der Waals surface area contributed by atoms with Gasteiger partial charge in [-0.3, -0.25) is 4.79 Å². The number of nitrogens with zero attached hydrogens (tertiary/aromatic N) is 1. The molecule has 2 N–H and O–H groups in total. The maximum atomic E-state index is 12.7. The summed E-state index contributed by atoms with van der Waals surface area (Å²) in [5.41, 5.74) is 6.95. The monoisotopic (exact) mass is 312 g/mol. The number of sulfonamides is 1. The fraction of sp³-hybridized carbons (Fsp3) is 0.500. The zero-order valence-electron chi connectivity index (χ0n) is 12.2. The third kappa shape index (κ3) is 3.03. The molecule has 1 fully saturated rings. The number of benzene rings is 1. The van der Waals surface area contributed by atoms with Crippen LogP contribution in [-0.4, -0.2) is 37.9 Å². The van der Waals surface area contributed by atoms with Gasteiger partial charge >= 0.3 is 5.97 Å². The minimum Gasteiger partial charge on any atom is -0.465 e. The molecule has 0 radical (unpaired) electrons. The van der Waals surface area contributed by atoms with E-state index in [-0.39, 0.29) is 11.5 Å². The third-order valence-corrected chi connectivity index (χ3v) is 5.51. The summed E-state index contributed by atoms with van der Waals surface area (Å²) < 4.78 is 31.6. The minimum absolute atomic E-state index is 0.158. The van der Waals surface area contributed by atoms with Gasteiger partial charge in [-0.2, -0.15) is 4.31 Å². The van der Waals surface area contributed by atoms with Gasteiger partial charge in [0.25, 0.3) is 0 Å². The quantitative estimate of drug-likeness (QED) is 0.668. The average Bonchev–Trinajstić information content (AvgIpc) is 2.92. The lowest BCUT2D eigenvalue weighted by Gasteiger charge is -2.22. The summed E-state index contributed by atoms with van der Waals surface area (Å²) in [5, 5.41) is 0. The number of ether oxygens (including phenoxy) is 1. The molecule has 2 rings (SSSR count). The minimum atomic E-state index is -3.71. The largest absolute Gasteiger partial charge is 0.465 e. The van der Waals surface area contributed by atoms with Crippen LogP contribution in [0.4, 0.5) is 5.69 Å². The summed E-state index contributed by atoms with van der Waals surface area (Å²) in [6.07, 6.45) is 1.14. The number of esters is 1. The van der Waals surface area contributed by atoms with E-state index >= 15 is 0 Å². The first kappa shape index (κ1) is 15.8. The lowest BCUT2D eigenvalue weighted by molar-refractivity contribution is -0.146. The van der Waals surface area contributed by atoms with Crippen LogP contribution >= 0.6 is 0 Å². The van der Waals surface area contributed by atoms with Crippen LogP contribution in [-0.2, 0) is 19.6 Å². The van der Waals surface area contributed by atoms with Gasteiger partial charge < -0.3 is 10.5 Å². The Kier molecular flexibility index (Phi) is 4.53. The van der Waals surface area contributed by atoms with Crippen molar-refractivity contribution in [2.24, 2.45) is 0 Å². The Balaban J connectivity index is 2.33. The van der Waals surface area contributed by atoms with Gasteiger partial charge in [-0.15, -0.1) is 0 Å². The predicted molar refractivity (Wildman–Crippen MR) is 79.1 cm³/mol. The highest BCUT2D eigenvalue weighted by Crippen LogP contribution is 2.28. The van der Waals surface area contributed by atoms with Crippen molar-refractivity contribution in [1.29, 1.82) is 0 Å². The molecule has 0 spiro atoms. The molecular weight excluding hydrogens is 292 g/mol. The summed E-state index contributed by atoms with van der Waals surface area (Å²) in [4.78, 5) is 12.1. The highest BCUT2D eigenvalue weighted by Gasteiger charge is 2.40. The number of carbonyl (C=O) groups excluding carboxylic acids is 1. The van der Waals surface area contributed by atoms with E-state index in [2.05, 4.69) is 0 Å². The summed E-state index contributed by atoms with van der Waals surface area (Å²) in [6.45, 7) is 4.02. The number of rotatable bonds is 4. The SMILES string of the molecule is CCOC(=O)C1CCCN1S(=O)(=O)c1ccc(N)c(C)c1. The molecule has 1 aromatic rings. The molecular formula is C14H20N2O4S. The maximum absolute atomic E-state index is 12.7. The molecule has 1 unspecified atom stereocenters. The lowest BCUT2D eigenvalue weighted by atomic mass is 10.2. The maximum Gasteiger partial charge on any atom is 0.324 e. The standard InChI is InChI=1S/C14H20N2O4S/c1-3-20-14(17)13-5-4-8-16(13)21(18,19)11-6-7-12(15)10(2)9-11/h6-7,9,13H,3-5,8,15H2,1-2H3. The lowest BCUT2D eigenvalue weighted by Crippen LogP contribution is -2.41. The van der Waals surface area contributed by atoms with Crippen LogP contribution in [0.2, 0.25) is 0 Å². The third-order valence-electron chi connectivity index (χ3n) is 3.61. The van der Waals surface area contributed by atoms with Crippen molar-refractivity contribution in [3.05, 3.63) is 23.8 Å². The molecule has 0 amide bonds. The first-order valence-electron chi connectivity index (χ1n) is 6.92. The van der Waals surface area contributed by atoms with E-state index in [1.165, 1.54) is 16.4 Å². The molecule has 7 heteroatoms. The van der Waals surface area contributed by atoms with Crippen molar-refractivity contribution < 1.29 is 17.9 Å². The molecule has 0 aromatic heterocycles. The van der Waals surface area contributed by atoms with Gasteiger partial charge in [0.05, 0.1) is 11.5 Å². The van der Waals surface area contributed by atoms with Gasteiger partial charge in [-0.05, 0) is 50.5 Å². The van der Waals surface area contributed by atoms with Crippen molar-refractivity contribution in [2.75, 3.05) is 18.9 Å². The Hall–Kier alpha value is -1.60. The van der Waals surface area contributed by atoms with Gasteiger partial charge in [0, 0.05) is 12.2 Å². The molecule has 0 bridgehead atoms. The smallest absolute Gasteiger partial charge is 0.324 e. The highest BCUT2D eigenvalue weighted by atomic mass is 32.2. The van der Waals surface area contributed by atoms with Crippen molar-refractivity contribution in [1.82, 2.24) is 4.31 Å². The van der Waals surface area contributed by atoms with E-state index in [1.54, 1.807) is 19.9 Å². The van der Waals surface area contributed by atoms with Crippen LogP contribution in [0.3, 0.4) is 0 Å². The van der Waals surface area contributed by atoms with E-state index in [9.17, 15) is 13.2 Å². The number of aryl methyl sites for hydroxylation is 1. The van der Waals surface area contributed by atoms with Crippen molar-refractivity contribution >= 4 is 21.7 Å². The van der Waals surface area contributed by atoms with Gasteiger partial charge in [0.15, 0.2) is 0 Å². The zero-order chi connectivity index (χ0) is 15.6. The van der Waals surface area contributed by atoms with Crippen LogP contribution in [0.25, 0.3) is 0 Å². The summed E-state index contributed by atoms with van der Waals surface area (Å²) in [5.74, 6) is -0.481. The molecule has 21 heavy (non-hydrogen) atoms. The highest BCUT2D eigenvalue weighted by molar-refractivity contribution is 7.89. The molecule has 1 aliphatic heterocycles. The van der Waals surface area contributed by atoms with Crippen molar-refractivity contribution in [3.63, 3.8) is 0 Å². The number of nitrogens with two attached hydrogens (primary N) is 1. The van der Waals surface area contributed by atoms with E-state index in [4.69, 9.17) is 10.5 Å². The van der Waals surface area contributed by atoms with Crippen LogP contribution in [0.1, 0.15) is 25.3 Å². The first-order chi connectivity index (χ1) is 9.87. The second-order valence-corrected chi connectivity index (χ2v) is 6.93. The van der Waals surface area contributed by atoms with E-state index in [0.29, 0.717) is 30.6 Å². The fourth-order valence-electron chi connectivity index (χ4n) is 2.45. The van der Waals surface area contributed by atoms with E-state index in [0.717, 1.165) is 0 Å². The molecule has 6 nitrogen and oxygen atoms in total. The van der Waals surface area contributed by atoms with Crippen LogP contribution in [0.5, 0.6) is 0 Å². The molecule has 1 heterocycles. The Morgan fingerprint density at radius 3 is 2.81 bits per heavy atom. The molecule has 0 saturated carbocycles. The zero-order valence-corrected chi connectivity index (χ0v) is 13.0. The Bertz CT molecular complexity index is 642. The molecule has 1 atom stereocenters. The normalized spacial score (nSPS) is 19.6. The topological polar surface area (TPSA) is 89.7 Å². The average molecular weight is 312 g/mol. The van der Waals surface area contributed by atoms with Crippen molar-refractivity contribution in [2.45, 2.75) is 37.6 Å². The summed E-state index contributed by atoms with van der Waals surface area (Å²) >= 11 is 0. The number of hydrogen-bond acceptors (Lipinski definition) is 5. The van der Waals surface area contributed by atoms with E-state index < -0.39 is 22.0 Å². The van der Waals surface area contributed by atoms with Crippen molar-refractivity contribution in [3.8, 4) is 0 Å². The molecule has 1 aromatic carbocycles. The number of nitrogen functional groups attached to an aromatic ring is 1. The fourth-order valence-corrected chi connectivity index (χ4v) is 4.18. The second kappa shape index (κ2) is 6.03. The molecule has 1 aliphatic rings. The molecule has 116 valence electrons. The van der Waals surface area contributed by atoms with Crippen LogP contribution in [0.15, 0.2) is 23.1 Å². The summed E-state index contributed by atoms with van der Waals surface area (Å²) in [7, 11) is -3.71. The van der Waals surface area contributed by atoms with Gasteiger partial charge in [0.1, 0.15) is 6.04 Å². The van der Waals surface area contributed by atoms with Gasteiger partial charge in [0.2, 0.25) is 10.0 Å². The Morgan fingerprint density at radius 2 is 2.19 bits per heavy atom. The van der Waals surface area contributed by atoms with Crippen LogP contribution < -0.4 is 5.73 Å².